The van der Waals surface area contributed by atoms with E-state index in [9.17, 15) is 0 Å². The van der Waals surface area contributed by atoms with E-state index < -0.39 is 0 Å². The van der Waals surface area contributed by atoms with Crippen molar-refractivity contribution in [2.45, 2.75) is 18.9 Å². The molecule has 1 aromatic rings. The fourth-order valence-corrected chi connectivity index (χ4v) is 1.62. The van der Waals surface area contributed by atoms with Gasteiger partial charge in [-0.2, -0.15) is 4.98 Å². The molecule has 1 aliphatic heterocycles. The summed E-state index contributed by atoms with van der Waals surface area (Å²) in [5.41, 5.74) is 0. The lowest BCUT2D eigenvalue weighted by Gasteiger charge is -2.10. The lowest BCUT2D eigenvalue weighted by Crippen LogP contribution is -2.28. The average Bonchev–Trinajstić information content (AvgIpc) is 2.67. The van der Waals surface area contributed by atoms with Crippen molar-refractivity contribution < 1.29 is 4.74 Å². The number of hydrogen-bond acceptors (Lipinski definition) is 4. The molecule has 0 aliphatic carbocycles. The molecule has 1 saturated heterocycles. The Morgan fingerprint density at radius 3 is 3.29 bits per heavy atom. The molecule has 0 aromatic carbocycles. The maximum atomic E-state index is 5.62. The van der Waals surface area contributed by atoms with E-state index in [0.717, 1.165) is 6.54 Å². The predicted molar refractivity (Wildman–Crippen MR) is 53.6 cm³/mol. The summed E-state index contributed by atoms with van der Waals surface area (Å²) < 4.78 is 5.47. The van der Waals surface area contributed by atoms with Crippen molar-refractivity contribution in [3.8, 4) is 5.88 Å². The topological polar surface area (TPSA) is 47.0 Å². The summed E-state index contributed by atoms with van der Waals surface area (Å²) >= 11 is 5.62. The van der Waals surface area contributed by atoms with Crippen LogP contribution in [0.4, 0.5) is 0 Å². The molecule has 0 saturated carbocycles. The molecule has 4 nitrogen and oxygen atoms in total. The van der Waals surface area contributed by atoms with Gasteiger partial charge in [0.15, 0.2) is 0 Å². The zero-order chi connectivity index (χ0) is 9.80. The second kappa shape index (κ2) is 4.57. The van der Waals surface area contributed by atoms with Gasteiger partial charge in [0.05, 0.1) is 0 Å². The lowest BCUT2D eigenvalue weighted by molar-refractivity contribution is 0.267. The Labute approximate surface area is 87.7 Å². The first-order chi connectivity index (χ1) is 6.84. The van der Waals surface area contributed by atoms with Gasteiger partial charge in [0, 0.05) is 18.3 Å². The highest BCUT2D eigenvalue weighted by atomic mass is 35.5. The number of ether oxygens (including phenoxy) is 1. The van der Waals surface area contributed by atoms with E-state index in [2.05, 4.69) is 15.3 Å². The minimum absolute atomic E-state index is 0.224. The first kappa shape index (κ1) is 9.68. The van der Waals surface area contributed by atoms with Crippen molar-refractivity contribution in [3.05, 3.63) is 17.5 Å². The van der Waals surface area contributed by atoms with Crippen LogP contribution in [0.5, 0.6) is 5.88 Å². The third kappa shape index (κ3) is 2.56. The molecule has 1 N–H and O–H groups in total. The summed E-state index contributed by atoms with van der Waals surface area (Å²) in [5, 5.41) is 3.56. The first-order valence-electron chi connectivity index (χ1n) is 4.69. The van der Waals surface area contributed by atoms with Gasteiger partial charge in [-0.25, -0.2) is 4.98 Å². The third-order valence-corrected chi connectivity index (χ3v) is 2.38. The van der Waals surface area contributed by atoms with Crippen molar-refractivity contribution in [2.24, 2.45) is 0 Å². The number of rotatable bonds is 3. The number of nitrogens with one attached hydrogen (secondary N) is 1. The van der Waals surface area contributed by atoms with Crippen LogP contribution in [-0.2, 0) is 0 Å². The maximum absolute atomic E-state index is 5.62. The summed E-state index contributed by atoms with van der Waals surface area (Å²) in [5.74, 6) is 0.540. The van der Waals surface area contributed by atoms with Crippen LogP contribution >= 0.6 is 11.6 Å². The van der Waals surface area contributed by atoms with Crippen LogP contribution in [0.2, 0.25) is 5.28 Å². The van der Waals surface area contributed by atoms with Crippen LogP contribution in [-0.4, -0.2) is 29.2 Å². The van der Waals surface area contributed by atoms with Crippen LogP contribution in [0.15, 0.2) is 12.3 Å². The van der Waals surface area contributed by atoms with E-state index in [1.54, 1.807) is 12.3 Å². The van der Waals surface area contributed by atoms with Gasteiger partial charge in [0.1, 0.15) is 6.61 Å². The summed E-state index contributed by atoms with van der Waals surface area (Å²) in [6.45, 7) is 1.73. The number of hydrogen-bond donors (Lipinski definition) is 1. The summed E-state index contributed by atoms with van der Waals surface area (Å²) in [7, 11) is 0. The van der Waals surface area contributed by atoms with Gasteiger partial charge < -0.3 is 10.1 Å². The standard InChI is InChI=1S/C9H12ClN3O/c10-9-12-5-3-8(13-9)14-6-7-2-1-4-11-7/h3,5,7,11H,1-2,4,6H2/t7-/m0/s1. The molecule has 0 radical (unpaired) electrons. The summed E-state index contributed by atoms with van der Waals surface area (Å²) in [6.07, 6.45) is 3.98. The normalized spacial score (nSPS) is 21.1. The Balaban J connectivity index is 1.85. The molecule has 1 aromatic heterocycles. The van der Waals surface area contributed by atoms with Crippen molar-refractivity contribution in [3.63, 3.8) is 0 Å². The highest BCUT2D eigenvalue weighted by Gasteiger charge is 2.14. The fraction of sp³-hybridized carbons (Fsp3) is 0.556. The fourth-order valence-electron chi connectivity index (χ4n) is 1.48. The van der Waals surface area contributed by atoms with Crippen molar-refractivity contribution in [1.29, 1.82) is 0 Å². The molecule has 1 atom stereocenters. The lowest BCUT2D eigenvalue weighted by atomic mass is 10.2. The highest BCUT2D eigenvalue weighted by molar-refractivity contribution is 6.28. The number of halogens is 1. The molecule has 76 valence electrons. The van der Waals surface area contributed by atoms with Crippen LogP contribution in [0, 0.1) is 0 Å². The predicted octanol–water partition coefficient (Wildman–Crippen LogP) is 1.26. The minimum atomic E-state index is 0.224. The molecule has 14 heavy (non-hydrogen) atoms. The van der Waals surface area contributed by atoms with Crippen LogP contribution in [0.25, 0.3) is 0 Å². The van der Waals surface area contributed by atoms with Gasteiger partial charge in [-0.1, -0.05) is 0 Å². The third-order valence-electron chi connectivity index (χ3n) is 2.20. The largest absolute Gasteiger partial charge is 0.476 e. The van der Waals surface area contributed by atoms with Crippen molar-refractivity contribution in [2.75, 3.05) is 13.2 Å². The molecular weight excluding hydrogens is 202 g/mol. The molecule has 0 bridgehead atoms. The number of aromatic nitrogens is 2. The smallest absolute Gasteiger partial charge is 0.225 e. The van der Waals surface area contributed by atoms with E-state index in [-0.39, 0.29) is 5.28 Å². The van der Waals surface area contributed by atoms with E-state index >= 15 is 0 Å². The highest BCUT2D eigenvalue weighted by Crippen LogP contribution is 2.11. The quantitative estimate of drug-likeness (QED) is 0.768. The van der Waals surface area contributed by atoms with Gasteiger partial charge in [-0.3, -0.25) is 0 Å². The minimum Gasteiger partial charge on any atom is -0.476 e. The summed E-state index contributed by atoms with van der Waals surface area (Å²) in [6, 6.07) is 2.16. The Hall–Kier alpha value is -0.870. The monoisotopic (exact) mass is 213 g/mol. The number of nitrogens with zero attached hydrogens (tertiary/aromatic N) is 2. The maximum Gasteiger partial charge on any atom is 0.225 e. The Bertz CT molecular complexity index is 302. The average molecular weight is 214 g/mol. The molecule has 5 heteroatoms. The molecule has 0 unspecified atom stereocenters. The first-order valence-corrected chi connectivity index (χ1v) is 5.07. The second-order valence-corrected chi connectivity index (χ2v) is 3.61. The van der Waals surface area contributed by atoms with E-state index in [1.165, 1.54) is 12.8 Å². The van der Waals surface area contributed by atoms with Crippen LogP contribution < -0.4 is 10.1 Å². The Morgan fingerprint density at radius 2 is 2.57 bits per heavy atom. The van der Waals surface area contributed by atoms with Crippen molar-refractivity contribution in [1.82, 2.24) is 15.3 Å². The zero-order valence-corrected chi connectivity index (χ0v) is 8.50. The SMILES string of the molecule is Clc1nccc(OC[C@@H]2CCCN2)n1. The second-order valence-electron chi connectivity index (χ2n) is 3.27. The molecule has 1 fully saturated rings. The van der Waals surface area contributed by atoms with E-state index in [4.69, 9.17) is 16.3 Å². The molecule has 0 amide bonds. The van der Waals surface area contributed by atoms with E-state index in [0.29, 0.717) is 18.5 Å². The Morgan fingerprint density at radius 1 is 1.64 bits per heavy atom. The van der Waals surface area contributed by atoms with Gasteiger partial charge in [0.2, 0.25) is 11.2 Å². The van der Waals surface area contributed by atoms with E-state index in [1.807, 2.05) is 0 Å². The molecule has 0 spiro atoms. The van der Waals surface area contributed by atoms with Gasteiger partial charge in [-0.15, -0.1) is 0 Å². The summed E-state index contributed by atoms with van der Waals surface area (Å²) in [4.78, 5) is 7.72. The van der Waals surface area contributed by atoms with Gasteiger partial charge in [0.25, 0.3) is 0 Å². The molecule has 2 heterocycles. The molecule has 1 aliphatic rings. The van der Waals surface area contributed by atoms with Crippen LogP contribution in [0.3, 0.4) is 0 Å². The Kier molecular flexibility index (Phi) is 3.16. The van der Waals surface area contributed by atoms with Gasteiger partial charge in [-0.05, 0) is 31.0 Å². The van der Waals surface area contributed by atoms with Gasteiger partial charge >= 0.3 is 0 Å². The van der Waals surface area contributed by atoms with Crippen molar-refractivity contribution >= 4 is 11.6 Å². The molecule has 2 rings (SSSR count). The molecular formula is C9H12ClN3O. The van der Waals surface area contributed by atoms with Crippen LogP contribution in [0.1, 0.15) is 12.8 Å². The zero-order valence-electron chi connectivity index (χ0n) is 7.74.